The summed E-state index contributed by atoms with van der Waals surface area (Å²) in [5, 5.41) is 23.0. The van der Waals surface area contributed by atoms with Crippen molar-refractivity contribution in [2.45, 2.75) is 54.9 Å². The fourth-order valence-electron chi connectivity index (χ4n) is 5.75. The lowest BCUT2D eigenvalue weighted by Gasteiger charge is -2.38. The lowest BCUT2D eigenvalue weighted by Crippen LogP contribution is -2.47. The molecule has 0 amide bonds. The number of nitrogens with zero attached hydrogens (tertiary/aromatic N) is 1. The van der Waals surface area contributed by atoms with Crippen LogP contribution in [0.5, 0.6) is 5.75 Å². The van der Waals surface area contributed by atoms with Gasteiger partial charge in [-0.25, -0.2) is 8.42 Å². The highest BCUT2D eigenvalue weighted by atomic mass is 32.2. The summed E-state index contributed by atoms with van der Waals surface area (Å²) in [6.07, 6.45) is 1.89. The number of piperidine rings is 1. The molecule has 42 heavy (non-hydrogen) atoms. The van der Waals surface area contributed by atoms with Crippen molar-refractivity contribution in [1.82, 2.24) is 9.62 Å². The van der Waals surface area contributed by atoms with Gasteiger partial charge in [0.25, 0.3) is 0 Å². The first-order chi connectivity index (χ1) is 20.3. The topological polar surface area (TPSA) is 134 Å². The highest BCUT2D eigenvalue weighted by molar-refractivity contribution is 7.89. The number of hydrogen-bond acceptors (Lipinski definition) is 8. The number of rotatable bonds is 12. The molecule has 0 saturated carbocycles. The summed E-state index contributed by atoms with van der Waals surface area (Å²) in [7, 11) is -3.64. The minimum absolute atomic E-state index is 0.0776. The number of aliphatic hydroxyl groups excluding tert-OH is 2. The van der Waals surface area contributed by atoms with Crippen LogP contribution in [0.4, 0.5) is 0 Å². The molecule has 0 bridgehead atoms. The van der Waals surface area contributed by atoms with E-state index in [0.717, 1.165) is 28.7 Å². The molecule has 0 aromatic heterocycles. The fourth-order valence-corrected chi connectivity index (χ4v) is 7.24. The van der Waals surface area contributed by atoms with Crippen LogP contribution in [0, 0.1) is 0 Å². The zero-order chi connectivity index (χ0) is 29.6. The van der Waals surface area contributed by atoms with Gasteiger partial charge in [-0.15, -0.1) is 0 Å². The standard InChI is InChI=1S/C32H41N3O6S/c33-20-25-7-9-26(10-8-25)27-4-2-6-31(18-27)42(38,39)35-14-12-32(13-15-35)19-28(22-41-32)34-21-29(37)23-40-30-5-1-3-24(17-30)11-16-36/h1-10,17-18,28-29,34,36-37H,11-16,19-23,33H2/t28-,29+/m1/s1. The van der Waals surface area contributed by atoms with Crippen molar-refractivity contribution in [3.63, 3.8) is 0 Å². The number of hydrogen-bond donors (Lipinski definition) is 4. The van der Waals surface area contributed by atoms with Crippen molar-refractivity contribution in [2.24, 2.45) is 5.73 Å². The molecule has 5 rings (SSSR count). The van der Waals surface area contributed by atoms with E-state index in [1.165, 1.54) is 0 Å². The monoisotopic (exact) mass is 595 g/mol. The zero-order valence-electron chi connectivity index (χ0n) is 23.8. The van der Waals surface area contributed by atoms with Crippen molar-refractivity contribution in [3.05, 3.63) is 83.9 Å². The molecule has 9 nitrogen and oxygen atoms in total. The van der Waals surface area contributed by atoms with Gasteiger partial charge >= 0.3 is 0 Å². The van der Waals surface area contributed by atoms with Crippen molar-refractivity contribution in [3.8, 4) is 16.9 Å². The van der Waals surface area contributed by atoms with Gasteiger partial charge in [0.2, 0.25) is 10.0 Å². The number of sulfonamides is 1. The van der Waals surface area contributed by atoms with Gasteiger partial charge in [0.05, 0.1) is 17.1 Å². The summed E-state index contributed by atoms with van der Waals surface area (Å²) in [6, 6.07) is 22.5. The van der Waals surface area contributed by atoms with Gasteiger partial charge < -0.3 is 30.7 Å². The van der Waals surface area contributed by atoms with Crippen LogP contribution in [0.25, 0.3) is 11.1 Å². The van der Waals surface area contributed by atoms with Crippen LogP contribution in [0.1, 0.15) is 30.4 Å². The van der Waals surface area contributed by atoms with Gasteiger partial charge in [0, 0.05) is 38.8 Å². The van der Waals surface area contributed by atoms with Crippen LogP contribution in [0.2, 0.25) is 0 Å². The van der Waals surface area contributed by atoms with E-state index in [2.05, 4.69) is 5.32 Å². The van der Waals surface area contributed by atoms with Crippen LogP contribution in [-0.4, -0.2) is 80.1 Å². The average Bonchev–Trinajstić information content (AvgIpc) is 3.41. The maximum atomic E-state index is 13.5. The number of aliphatic hydroxyl groups is 2. The van der Waals surface area contributed by atoms with Crippen LogP contribution in [-0.2, 0) is 27.7 Å². The maximum Gasteiger partial charge on any atom is 0.243 e. The van der Waals surface area contributed by atoms with Crippen molar-refractivity contribution in [1.29, 1.82) is 0 Å². The highest BCUT2D eigenvalue weighted by Crippen LogP contribution is 2.37. The van der Waals surface area contributed by atoms with E-state index in [0.29, 0.717) is 62.7 Å². The Balaban J connectivity index is 1.10. The third-order valence-electron chi connectivity index (χ3n) is 8.22. The summed E-state index contributed by atoms with van der Waals surface area (Å²) in [6.45, 7) is 2.38. The maximum absolute atomic E-state index is 13.5. The summed E-state index contributed by atoms with van der Waals surface area (Å²) >= 11 is 0. The molecule has 2 aliphatic rings. The van der Waals surface area contributed by atoms with Gasteiger partial charge in [-0.2, -0.15) is 4.31 Å². The van der Waals surface area contributed by atoms with Gasteiger partial charge in [-0.05, 0) is 72.2 Å². The molecule has 2 fully saturated rings. The fraction of sp³-hybridized carbons (Fsp3) is 0.438. The van der Waals surface area contributed by atoms with E-state index >= 15 is 0 Å². The SMILES string of the molecule is NCc1ccc(-c2cccc(S(=O)(=O)N3CCC4(CC3)C[C@@H](NC[C@H](O)COc3cccc(CCO)c3)CO4)c2)cc1. The normalized spacial score (nSPS) is 19.6. The minimum atomic E-state index is -3.64. The summed E-state index contributed by atoms with van der Waals surface area (Å²) in [4.78, 5) is 0.294. The second-order valence-electron chi connectivity index (χ2n) is 11.2. The van der Waals surface area contributed by atoms with Crippen LogP contribution < -0.4 is 15.8 Å². The van der Waals surface area contributed by atoms with Crippen LogP contribution >= 0.6 is 0 Å². The first kappa shape index (κ1) is 30.6. The first-order valence-electron chi connectivity index (χ1n) is 14.6. The van der Waals surface area contributed by atoms with Crippen molar-refractivity contribution >= 4 is 10.0 Å². The number of nitrogens with one attached hydrogen (secondary N) is 1. The molecular formula is C32H41N3O6S. The van der Waals surface area contributed by atoms with Crippen LogP contribution in [0.3, 0.4) is 0 Å². The second kappa shape index (κ2) is 13.6. The summed E-state index contributed by atoms with van der Waals surface area (Å²) in [5.74, 6) is 0.665. The molecule has 2 saturated heterocycles. The molecule has 0 unspecified atom stereocenters. The molecule has 0 radical (unpaired) electrons. The number of nitrogens with two attached hydrogens (primary N) is 1. The van der Waals surface area contributed by atoms with E-state index in [1.54, 1.807) is 22.5 Å². The largest absolute Gasteiger partial charge is 0.491 e. The Morgan fingerprint density at radius 1 is 1.02 bits per heavy atom. The third kappa shape index (κ3) is 7.38. The Kier molecular flexibility index (Phi) is 9.95. The van der Waals surface area contributed by atoms with Gasteiger partial charge in [-0.3, -0.25) is 0 Å². The zero-order valence-corrected chi connectivity index (χ0v) is 24.6. The molecule has 226 valence electrons. The van der Waals surface area contributed by atoms with Gasteiger partial charge in [0.15, 0.2) is 0 Å². The molecule has 5 N–H and O–H groups in total. The highest BCUT2D eigenvalue weighted by Gasteiger charge is 2.44. The lowest BCUT2D eigenvalue weighted by molar-refractivity contribution is -0.0312. The van der Waals surface area contributed by atoms with E-state index in [4.69, 9.17) is 20.3 Å². The first-order valence-corrected chi connectivity index (χ1v) is 16.0. The Morgan fingerprint density at radius 3 is 2.52 bits per heavy atom. The Morgan fingerprint density at radius 2 is 1.79 bits per heavy atom. The number of benzene rings is 3. The molecule has 1 spiro atoms. The molecule has 2 aliphatic heterocycles. The van der Waals surface area contributed by atoms with E-state index < -0.39 is 16.1 Å². The summed E-state index contributed by atoms with van der Waals surface area (Å²) < 4.78 is 40.6. The molecule has 3 aromatic carbocycles. The Bertz CT molecular complexity index is 1420. The smallest absolute Gasteiger partial charge is 0.243 e. The predicted octanol–water partition coefficient (Wildman–Crippen LogP) is 2.69. The molecule has 2 atom stereocenters. The van der Waals surface area contributed by atoms with Crippen LogP contribution in [0.15, 0.2) is 77.7 Å². The van der Waals surface area contributed by atoms with Gasteiger partial charge in [-0.1, -0.05) is 48.5 Å². The van der Waals surface area contributed by atoms with E-state index in [1.807, 2.05) is 54.6 Å². The average molecular weight is 596 g/mol. The molecule has 10 heteroatoms. The van der Waals surface area contributed by atoms with Crippen molar-refractivity contribution < 1.29 is 28.1 Å². The van der Waals surface area contributed by atoms with E-state index in [-0.39, 0.29) is 24.9 Å². The van der Waals surface area contributed by atoms with Crippen molar-refractivity contribution in [2.75, 3.05) is 39.5 Å². The Hall–Kier alpha value is -2.83. The van der Waals surface area contributed by atoms with E-state index in [9.17, 15) is 13.5 Å². The number of ether oxygens (including phenoxy) is 2. The summed E-state index contributed by atoms with van der Waals surface area (Å²) in [5.41, 5.74) is 9.16. The second-order valence-corrected chi connectivity index (χ2v) is 13.2. The predicted molar refractivity (Wildman–Crippen MR) is 162 cm³/mol. The molecule has 0 aliphatic carbocycles. The van der Waals surface area contributed by atoms with Gasteiger partial charge in [0.1, 0.15) is 18.5 Å². The molecule has 3 aromatic rings. The minimum Gasteiger partial charge on any atom is -0.491 e. The molecule has 2 heterocycles. The quantitative estimate of drug-likeness (QED) is 0.251. The molecular weight excluding hydrogens is 554 g/mol. The third-order valence-corrected chi connectivity index (χ3v) is 10.1. The lowest BCUT2D eigenvalue weighted by atomic mass is 9.88. The Labute approximate surface area is 248 Å².